The van der Waals surface area contributed by atoms with Crippen molar-refractivity contribution >= 4 is 51.7 Å². The third-order valence-electron chi connectivity index (χ3n) is 4.54. The summed E-state index contributed by atoms with van der Waals surface area (Å²) >= 11 is 3.49. The van der Waals surface area contributed by atoms with Crippen LogP contribution in [0.2, 0.25) is 0 Å². The molecule has 146 valence electrons. The predicted octanol–water partition coefficient (Wildman–Crippen LogP) is 3.85. The maximum atomic E-state index is 13.9. The second-order valence-electron chi connectivity index (χ2n) is 6.38. The number of guanidine groups is 1. The third kappa shape index (κ3) is 5.78. The Morgan fingerprint density at radius 3 is 2.93 bits per heavy atom. The minimum Gasteiger partial charge on any atom is -0.352 e. The summed E-state index contributed by atoms with van der Waals surface area (Å²) < 4.78 is 15.0. The van der Waals surface area contributed by atoms with E-state index in [1.54, 1.807) is 19.3 Å². The molecule has 0 saturated carbocycles. The Labute approximate surface area is 185 Å². The zero-order valence-corrected chi connectivity index (χ0v) is 19.3. The summed E-state index contributed by atoms with van der Waals surface area (Å²) in [6, 6.07) is 9.50. The molecular weight excluding hydrogens is 524 g/mol. The highest BCUT2D eigenvalue weighted by Gasteiger charge is 2.25. The van der Waals surface area contributed by atoms with Crippen molar-refractivity contribution in [3.05, 3.63) is 57.9 Å². The van der Waals surface area contributed by atoms with Crippen molar-refractivity contribution in [2.45, 2.75) is 25.9 Å². The molecule has 2 N–H and O–H groups in total. The monoisotopic (exact) mass is 547 g/mol. The lowest BCUT2D eigenvalue weighted by Crippen LogP contribution is -2.44. The van der Waals surface area contributed by atoms with Crippen LogP contribution in [0, 0.1) is 12.7 Å². The molecule has 0 radical (unpaired) electrons. The summed E-state index contributed by atoms with van der Waals surface area (Å²) in [7, 11) is 1.76. The van der Waals surface area contributed by atoms with Crippen molar-refractivity contribution in [2.24, 2.45) is 4.99 Å². The Morgan fingerprint density at radius 1 is 1.41 bits per heavy atom. The standard InChI is InChI=1S/C19H23BrFN5.HI/c1-13-10-15(20)6-5-14(13)11-24-19(22-2)25-16-7-9-26(12-16)18-17(21)4-3-8-23-18;/h3-6,8,10,16H,7,9,11-12H2,1-2H3,(H2,22,24,25);1H. The Balaban J connectivity index is 0.00000261. The number of anilines is 1. The van der Waals surface area contributed by atoms with Gasteiger partial charge in [0.25, 0.3) is 0 Å². The van der Waals surface area contributed by atoms with Crippen LogP contribution in [0.5, 0.6) is 0 Å². The van der Waals surface area contributed by atoms with Gasteiger partial charge in [-0.05, 0) is 48.7 Å². The first kappa shape index (κ1) is 21.9. The molecular formula is C19H24BrFIN5. The summed E-state index contributed by atoms with van der Waals surface area (Å²) in [5, 5.41) is 6.78. The lowest BCUT2D eigenvalue weighted by Gasteiger charge is -2.20. The molecule has 1 fully saturated rings. The molecule has 1 aromatic carbocycles. The number of nitrogens with zero attached hydrogens (tertiary/aromatic N) is 3. The van der Waals surface area contributed by atoms with Gasteiger partial charge in [0.05, 0.1) is 0 Å². The van der Waals surface area contributed by atoms with Gasteiger partial charge in [-0.3, -0.25) is 4.99 Å². The van der Waals surface area contributed by atoms with Crippen LogP contribution < -0.4 is 15.5 Å². The van der Waals surface area contributed by atoms with Crippen LogP contribution >= 0.6 is 39.9 Å². The van der Waals surface area contributed by atoms with Crippen molar-refractivity contribution in [3.8, 4) is 0 Å². The smallest absolute Gasteiger partial charge is 0.191 e. The van der Waals surface area contributed by atoms with E-state index in [0.29, 0.717) is 18.9 Å². The highest BCUT2D eigenvalue weighted by Crippen LogP contribution is 2.21. The topological polar surface area (TPSA) is 52.6 Å². The third-order valence-corrected chi connectivity index (χ3v) is 5.04. The van der Waals surface area contributed by atoms with Crippen LogP contribution in [-0.2, 0) is 6.54 Å². The van der Waals surface area contributed by atoms with E-state index in [9.17, 15) is 4.39 Å². The maximum Gasteiger partial charge on any atom is 0.191 e. The fraction of sp³-hybridized carbons (Fsp3) is 0.368. The maximum absolute atomic E-state index is 13.9. The van der Waals surface area contributed by atoms with Gasteiger partial charge in [0.2, 0.25) is 0 Å². The highest BCUT2D eigenvalue weighted by atomic mass is 127. The molecule has 1 unspecified atom stereocenters. The molecule has 0 spiro atoms. The first-order valence-corrected chi connectivity index (χ1v) is 9.44. The van der Waals surface area contributed by atoms with Gasteiger partial charge < -0.3 is 15.5 Å². The molecule has 2 aromatic rings. The Kier molecular flexibility index (Phi) is 8.28. The van der Waals surface area contributed by atoms with E-state index in [-0.39, 0.29) is 35.8 Å². The zero-order valence-electron chi connectivity index (χ0n) is 15.4. The van der Waals surface area contributed by atoms with Crippen LogP contribution in [0.4, 0.5) is 10.2 Å². The van der Waals surface area contributed by atoms with E-state index >= 15 is 0 Å². The molecule has 0 amide bonds. The lowest BCUT2D eigenvalue weighted by molar-refractivity contribution is 0.612. The van der Waals surface area contributed by atoms with Gasteiger partial charge in [0.15, 0.2) is 17.6 Å². The van der Waals surface area contributed by atoms with Gasteiger partial charge in [0, 0.05) is 43.4 Å². The van der Waals surface area contributed by atoms with Crippen molar-refractivity contribution in [3.63, 3.8) is 0 Å². The van der Waals surface area contributed by atoms with Crippen LogP contribution in [-0.4, -0.2) is 37.1 Å². The minimum absolute atomic E-state index is 0. The van der Waals surface area contributed by atoms with Gasteiger partial charge in [-0.2, -0.15) is 0 Å². The van der Waals surface area contributed by atoms with Gasteiger partial charge >= 0.3 is 0 Å². The van der Waals surface area contributed by atoms with E-state index in [2.05, 4.69) is 55.6 Å². The van der Waals surface area contributed by atoms with E-state index < -0.39 is 0 Å². The fourth-order valence-corrected chi connectivity index (χ4v) is 3.58. The number of aromatic nitrogens is 1. The largest absolute Gasteiger partial charge is 0.352 e. The summed E-state index contributed by atoms with van der Waals surface area (Å²) in [4.78, 5) is 10.4. The second-order valence-corrected chi connectivity index (χ2v) is 7.30. The van der Waals surface area contributed by atoms with E-state index in [1.807, 2.05) is 11.0 Å². The number of benzene rings is 1. The Morgan fingerprint density at radius 2 is 2.22 bits per heavy atom. The first-order chi connectivity index (χ1) is 12.6. The lowest BCUT2D eigenvalue weighted by atomic mass is 10.1. The normalized spacial score (nSPS) is 16.8. The highest BCUT2D eigenvalue weighted by molar-refractivity contribution is 14.0. The summed E-state index contributed by atoms with van der Waals surface area (Å²) in [6.07, 6.45) is 2.54. The predicted molar refractivity (Wildman–Crippen MR) is 122 cm³/mol. The molecule has 8 heteroatoms. The van der Waals surface area contributed by atoms with E-state index in [0.717, 1.165) is 23.4 Å². The van der Waals surface area contributed by atoms with Gasteiger partial charge in [-0.1, -0.05) is 22.0 Å². The Hall–Kier alpha value is -1.42. The number of nitrogens with one attached hydrogen (secondary N) is 2. The van der Waals surface area contributed by atoms with Crippen LogP contribution in [0.1, 0.15) is 17.5 Å². The number of aryl methyl sites for hydroxylation is 1. The number of hydrogen-bond donors (Lipinski definition) is 2. The molecule has 1 aromatic heterocycles. The molecule has 1 saturated heterocycles. The first-order valence-electron chi connectivity index (χ1n) is 8.64. The summed E-state index contributed by atoms with van der Waals surface area (Å²) in [5.74, 6) is 0.896. The van der Waals surface area contributed by atoms with E-state index in [4.69, 9.17) is 0 Å². The number of aliphatic imine (C=N–C) groups is 1. The number of halogens is 3. The van der Waals surface area contributed by atoms with Crippen LogP contribution in [0.25, 0.3) is 0 Å². The number of hydrogen-bond acceptors (Lipinski definition) is 3. The van der Waals surface area contributed by atoms with E-state index in [1.165, 1.54) is 17.2 Å². The van der Waals surface area contributed by atoms with Gasteiger partial charge in [-0.15, -0.1) is 24.0 Å². The summed E-state index contributed by atoms with van der Waals surface area (Å²) in [6.45, 7) is 4.26. The summed E-state index contributed by atoms with van der Waals surface area (Å²) in [5.41, 5.74) is 2.44. The molecule has 3 rings (SSSR count). The van der Waals surface area contributed by atoms with Crippen molar-refractivity contribution in [1.29, 1.82) is 0 Å². The molecule has 0 bridgehead atoms. The Bertz CT molecular complexity index is 801. The van der Waals surface area contributed by atoms with Gasteiger partial charge in [-0.25, -0.2) is 9.37 Å². The molecule has 5 nitrogen and oxygen atoms in total. The molecule has 1 aliphatic heterocycles. The molecule has 1 aliphatic rings. The van der Waals surface area contributed by atoms with Crippen molar-refractivity contribution in [2.75, 3.05) is 25.0 Å². The molecule has 2 heterocycles. The number of rotatable bonds is 4. The fourth-order valence-electron chi connectivity index (χ4n) is 3.11. The molecule has 0 aliphatic carbocycles. The molecule has 27 heavy (non-hydrogen) atoms. The SMILES string of the molecule is CN=C(NCc1ccc(Br)cc1C)NC1CCN(c2ncccc2F)C1.I. The van der Waals surface area contributed by atoms with Crippen molar-refractivity contribution < 1.29 is 4.39 Å². The minimum atomic E-state index is -0.277. The average Bonchev–Trinajstić information content (AvgIpc) is 3.08. The average molecular weight is 548 g/mol. The zero-order chi connectivity index (χ0) is 18.5. The van der Waals surface area contributed by atoms with Crippen LogP contribution in [0.15, 0.2) is 46.0 Å². The quantitative estimate of drug-likeness (QED) is 0.347. The molecule has 1 atom stereocenters. The van der Waals surface area contributed by atoms with Crippen LogP contribution in [0.3, 0.4) is 0 Å². The second kappa shape index (κ2) is 10.2. The number of pyridine rings is 1. The van der Waals surface area contributed by atoms with Gasteiger partial charge in [0.1, 0.15) is 0 Å². The van der Waals surface area contributed by atoms with Crippen molar-refractivity contribution in [1.82, 2.24) is 15.6 Å².